The highest BCUT2D eigenvalue weighted by Crippen LogP contribution is 2.29. The van der Waals surface area contributed by atoms with Gasteiger partial charge in [-0.3, -0.25) is 4.79 Å². The molecule has 0 radical (unpaired) electrons. The minimum absolute atomic E-state index is 0.0628. The fourth-order valence-corrected chi connectivity index (χ4v) is 2.66. The normalized spacial score (nSPS) is 10.9. The van der Waals surface area contributed by atoms with Gasteiger partial charge in [0.2, 0.25) is 0 Å². The number of nitrogens with zero attached hydrogens (tertiary/aromatic N) is 1. The van der Waals surface area contributed by atoms with Crippen LogP contribution in [0.4, 0.5) is 0 Å². The lowest BCUT2D eigenvalue weighted by molar-refractivity contribution is 0.477. The highest BCUT2D eigenvalue weighted by molar-refractivity contribution is 9.10. The van der Waals surface area contributed by atoms with Gasteiger partial charge in [-0.05, 0) is 36.4 Å². The van der Waals surface area contributed by atoms with Crippen molar-refractivity contribution in [3.63, 3.8) is 0 Å². The number of H-pyrrole nitrogens is 1. The molecule has 4 nitrogen and oxygen atoms in total. The Morgan fingerprint density at radius 1 is 1.05 bits per heavy atom. The lowest BCUT2D eigenvalue weighted by atomic mass is 10.1. The molecule has 1 heterocycles. The van der Waals surface area contributed by atoms with Gasteiger partial charge in [-0.2, -0.15) is 0 Å². The first-order valence-corrected chi connectivity index (χ1v) is 7.31. The Bertz CT molecular complexity index is 875. The van der Waals surface area contributed by atoms with E-state index in [1.165, 1.54) is 0 Å². The molecule has 0 atom stereocenters. The monoisotopic (exact) mass is 394 g/mol. The molecule has 1 aromatic heterocycles. The standard InChI is InChI=1S/C14H8Br2N2O2/c15-7-1-3-11-9(5-7)14(20)18-13(17-11)10-6-8(16)2-4-12(10)19/h1-6,19H,(H,17,18,20). The molecule has 0 aliphatic carbocycles. The van der Waals surface area contributed by atoms with Gasteiger partial charge in [0, 0.05) is 8.95 Å². The summed E-state index contributed by atoms with van der Waals surface area (Å²) in [5.74, 6) is 0.399. The molecule has 0 aliphatic heterocycles. The molecule has 3 rings (SSSR count). The van der Waals surface area contributed by atoms with Gasteiger partial charge in [-0.1, -0.05) is 31.9 Å². The maximum absolute atomic E-state index is 12.1. The summed E-state index contributed by atoms with van der Waals surface area (Å²) in [4.78, 5) is 19.2. The van der Waals surface area contributed by atoms with Crippen LogP contribution in [0.15, 0.2) is 50.1 Å². The van der Waals surface area contributed by atoms with Crippen molar-refractivity contribution in [2.24, 2.45) is 0 Å². The molecule has 0 saturated carbocycles. The van der Waals surface area contributed by atoms with E-state index in [-0.39, 0.29) is 11.3 Å². The van der Waals surface area contributed by atoms with Crippen LogP contribution in [0.25, 0.3) is 22.3 Å². The second-order valence-electron chi connectivity index (χ2n) is 4.24. The summed E-state index contributed by atoms with van der Waals surface area (Å²) < 4.78 is 1.61. The largest absolute Gasteiger partial charge is 0.507 e. The molecule has 6 heteroatoms. The molecule has 0 aliphatic rings. The van der Waals surface area contributed by atoms with Crippen LogP contribution in [0, 0.1) is 0 Å². The highest BCUT2D eigenvalue weighted by Gasteiger charge is 2.10. The molecule has 0 bridgehead atoms. The van der Waals surface area contributed by atoms with Crippen molar-refractivity contribution < 1.29 is 5.11 Å². The lowest BCUT2D eigenvalue weighted by Gasteiger charge is -2.06. The van der Waals surface area contributed by atoms with Crippen LogP contribution in [-0.4, -0.2) is 15.1 Å². The van der Waals surface area contributed by atoms with Gasteiger partial charge in [-0.25, -0.2) is 4.98 Å². The van der Waals surface area contributed by atoms with Gasteiger partial charge >= 0.3 is 0 Å². The molecule has 3 aromatic rings. The van der Waals surface area contributed by atoms with Crippen LogP contribution < -0.4 is 5.56 Å². The highest BCUT2D eigenvalue weighted by atomic mass is 79.9. The average molecular weight is 396 g/mol. The Balaban J connectivity index is 2.30. The number of phenolic OH excluding ortho intramolecular Hbond substituents is 1. The van der Waals surface area contributed by atoms with Crippen LogP contribution in [0.5, 0.6) is 5.75 Å². The van der Waals surface area contributed by atoms with E-state index in [4.69, 9.17) is 0 Å². The molecular formula is C14H8Br2N2O2. The van der Waals surface area contributed by atoms with E-state index >= 15 is 0 Å². The summed E-state index contributed by atoms with van der Waals surface area (Å²) in [6.07, 6.45) is 0. The predicted molar refractivity (Wildman–Crippen MR) is 84.9 cm³/mol. The Labute approximate surface area is 130 Å². The molecule has 0 spiro atoms. The van der Waals surface area contributed by atoms with E-state index in [2.05, 4.69) is 41.8 Å². The number of rotatable bonds is 1. The second kappa shape index (κ2) is 5.03. The third-order valence-corrected chi connectivity index (χ3v) is 3.87. The van der Waals surface area contributed by atoms with Crippen molar-refractivity contribution in [1.82, 2.24) is 9.97 Å². The smallest absolute Gasteiger partial charge is 0.259 e. The van der Waals surface area contributed by atoms with Crippen LogP contribution >= 0.6 is 31.9 Å². The van der Waals surface area contributed by atoms with E-state index in [0.29, 0.717) is 22.3 Å². The van der Waals surface area contributed by atoms with Gasteiger partial charge in [0.05, 0.1) is 16.5 Å². The van der Waals surface area contributed by atoms with Gasteiger partial charge < -0.3 is 10.1 Å². The number of hydrogen-bond acceptors (Lipinski definition) is 3. The summed E-state index contributed by atoms with van der Waals surface area (Å²) in [5, 5.41) is 10.4. The predicted octanol–water partition coefficient (Wildman–Crippen LogP) is 3.82. The third-order valence-electron chi connectivity index (χ3n) is 2.88. The number of aromatic nitrogens is 2. The summed E-state index contributed by atoms with van der Waals surface area (Å²) in [5.41, 5.74) is 0.804. The molecule has 20 heavy (non-hydrogen) atoms. The quantitative estimate of drug-likeness (QED) is 0.658. The van der Waals surface area contributed by atoms with Crippen LogP contribution in [0.1, 0.15) is 0 Å². The van der Waals surface area contributed by atoms with Crippen molar-refractivity contribution in [2.75, 3.05) is 0 Å². The fourth-order valence-electron chi connectivity index (χ4n) is 1.94. The van der Waals surface area contributed by atoms with Crippen molar-refractivity contribution in [3.05, 3.63) is 55.7 Å². The Morgan fingerprint density at radius 3 is 2.55 bits per heavy atom. The fraction of sp³-hybridized carbons (Fsp3) is 0. The number of aromatic amines is 1. The molecule has 0 fully saturated rings. The molecule has 0 amide bonds. The summed E-state index contributed by atoms with van der Waals surface area (Å²) in [6.45, 7) is 0. The van der Waals surface area contributed by atoms with Gasteiger partial charge in [0.1, 0.15) is 11.6 Å². The number of phenols is 1. The minimum Gasteiger partial charge on any atom is -0.507 e. The number of benzene rings is 2. The molecule has 2 aromatic carbocycles. The number of aromatic hydroxyl groups is 1. The zero-order valence-electron chi connectivity index (χ0n) is 10.0. The van der Waals surface area contributed by atoms with Crippen LogP contribution in [0.2, 0.25) is 0 Å². The van der Waals surface area contributed by atoms with Crippen molar-refractivity contribution >= 4 is 42.8 Å². The van der Waals surface area contributed by atoms with Crippen molar-refractivity contribution in [1.29, 1.82) is 0 Å². The number of fused-ring (bicyclic) bond motifs is 1. The lowest BCUT2D eigenvalue weighted by Crippen LogP contribution is -2.09. The first-order valence-electron chi connectivity index (χ1n) is 5.73. The maximum atomic E-state index is 12.1. The van der Waals surface area contributed by atoms with E-state index < -0.39 is 0 Å². The molecule has 100 valence electrons. The summed E-state index contributed by atoms with van der Waals surface area (Å²) in [6, 6.07) is 10.3. The van der Waals surface area contributed by atoms with E-state index in [1.807, 2.05) is 6.07 Å². The summed E-state index contributed by atoms with van der Waals surface area (Å²) in [7, 11) is 0. The van der Waals surface area contributed by atoms with Gasteiger partial charge in [-0.15, -0.1) is 0 Å². The number of nitrogens with one attached hydrogen (secondary N) is 1. The zero-order valence-corrected chi connectivity index (χ0v) is 13.2. The second-order valence-corrected chi connectivity index (χ2v) is 6.07. The first-order chi connectivity index (χ1) is 9.54. The Hall–Kier alpha value is -1.66. The molecular weight excluding hydrogens is 388 g/mol. The topological polar surface area (TPSA) is 66.0 Å². The first kappa shape index (κ1) is 13.3. The number of hydrogen-bond donors (Lipinski definition) is 2. The van der Waals surface area contributed by atoms with Crippen LogP contribution in [0.3, 0.4) is 0 Å². The van der Waals surface area contributed by atoms with Gasteiger partial charge in [0.25, 0.3) is 5.56 Å². The zero-order chi connectivity index (χ0) is 14.3. The van der Waals surface area contributed by atoms with E-state index in [0.717, 1.165) is 8.95 Å². The average Bonchev–Trinajstić information content (AvgIpc) is 2.42. The van der Waals surface area contributed by atoms with Crippen molar-refractivity contribution in [2.45, 2.75) is 0 Å². The Kier molecular flexibility index (Phi) is 3.35. The summed E-state index contributed by atoms with van der Waals surface area (Å²) >= 11 is 6.66. The van der Waals surface area contributed by atoms with Gasteiger partial charge in [0.15, 0.2) is 0 Å². The maximum Gasteiger partial charge on any atom is 0.259 e. The van der Waals surface area contributed by atoms with Crippen LogP contribution in [-0.2, 0) is 0 Å². The third kappa shape index (κ3) is 2.36. The molecule has 0 unspecified atom stereocenters. The van der Waals surface area contributed by atoms with E-state index in [1.54, 1.807) is 30.3 Å². The SMILES string of the molecule is O=c1[nH]c(-c2cc(Br)ccc2O)nc2ccc(Br)cc12. The van der Waals surface area contributed by atoms with Crippen molar-refractivity contribution in [3.8, 4) is 17.1 Å². The number of halogens is 2. The van der Waals surface area contributed by atoms with E-state index in [9.17, 15) is 9.90 Å². The minimum atomic E-state index is -0.245. The molecule has 0 saturated heterocycles. The Morgan fingerprint density at radius 2 is 1.75 bits per heavy atom. The molecule has 2 N–H and O–H groups in total.